The number of hydrogen-bond acceptors (Lipinski definition) is 2. The van der Waals surface area contributed by atoms with Gasteiger partial charge in [0.1, 0.15) is 0 Å². The maximum atomic E-state index is 4.34. The molecule has 0 saturated carbocycles. The summed E-state index contributed by atoms with van der Waals surface area (Å²) < 4.78 is 2.69. The zero-order valence-corrected chi connectivity index (χ0v) is 4.37. The van der Waals surface area contributed by atoms with Crippen LogP contribution in [0, 0.1) is 0 Å². The maximum absolute atomic E-state index is 4.34. The van der Waals surface area contributed by atoms with Crippen LogP contribution in [0.15, 0.2) is 4.30 Å². The van der Waals surface area contributed by atoms with Crippen molar-refractivity contribution in [3.8, 4) is 0 Å². The average molecular weight is 104 g/mol. The van der Waals surface area contributed by atoms with Gasteiger partial charge in [0.15, 0.2) is 0 Å². The molecule has 0 aromatic carbocycles. The first-order valence-electron chi connectivity index (χ1n) is 1.46. The summed E-state index contributed by atoms with van der Waals surface area (Å²) in [5, 5.41) is 0. The van der Waals surface area contributed by atoms with E-state index < -0.39 is 0 Å². The van der Waals surface area contributed by atoms with E-state index in [1.165, 1.54) is 0 Å². The second-order valence-electron chi connectivity index (χ2n) is 0.115. The molecule has 0 spiro atoms. The van der Waals surface area contributed by atoms with Gasteiger partial charge in [-0.25, -0.2) is 0 Å². The minimum atomic E-state index is 0. The Balaban J connectivity index is -0.0000000275. The van der Waals surface area contributed by atoms with Crippen LogP contribution in [0.25, 0.3) is 0 Å². The molecule has 0 amide bonds. The van der Waals surface area contributed by atoms with E-state index in [0.717, 1.165) is 0 Å². The molecule has 0 heterocycles. The van der Waals surface area contributed by atoms with Gasteiger partial charge in [0, 0.05) is 0 Å². The van der Waals surface area contributed by atoms with E-state index >= 15 is 0 Å². The minimum absolute atomic E-state index is 0. The molecule has 0 bridgehead atoms. The van der Waals surface area contributed by atoms with Crippen molar-refractivity contribution in [1.82, 2.24) is 0 Å². The molecule has 0 saturated heterocycles. The van der Waals surface area contributed by atoms with Crippen molar-refractivity contribution in [3.05, 3.63) is 0 Å². The summed E-state index contributed by atoms with van der Waals surface area (Å²) >= 11 is 3.19. The van der Waals surface area contributed by atoms with Crippen molar-refractivity contribution in [3.63, 3.8) is 0 Å². The molecule has 1 radical (unpaired) electrons. The third-order valence-electron chi connectivity index (χ3n) is 0. The van der Waals surface area contributed by atoms with Crippen LogP contribution in [0.3, 0.4) is 0 Å². The monoisotopic (exact) mass is 104 g/mol. The van der Waals surface area contributed by atoms with Gasteiger partial charge in [-0.15, -0.1) is 0 Å². The van der Waals surface area contributed by atoms with Gasteiger partial charge < -0.3 is 0 Å². The molecule has 1 nitrogen and oxygen atoms in total. The topological polar surface area (TPSA) is 12.4 Å². The molecule has 37 valence electrons. The third-order valence-corrected chi connectivity index (χ3v) is 0. The van der Waals surface area contributed by atoms with Gasteiger partial charge in [0.25, 0.3) is 0 Å². The van der Waals surface area contributed by atoms with Crippen LogP contribution in [-0.2, 0) is 0 Å². The van der Waals surface area contributed by atoms with Crippen LogP contribution >= 0.6 is 12.8 Å². The van der Waals surface area contributed by atoms with Gasteiger partial charge >= 0.3 is 24.8 Å². The standard InChI is InChI=1S/C2H6.CH4.BHNS/c1-2;;1-2-3/h1-2H3;1H4;3H. The van der Waals surface area contributed by atoms with E-state index in [9.17, 15) is 0 Å². The average Bonchev–Trinajstić information content (AvgIpc) is 1.46. The Morgan fingerprint density at radius 2 is 1.50 bits per heavy atom. The van der Waals surface area contributed by atoms with Crippen molar-refractivity contribution in [2.24, 2.45) is 4.30 Å². The summed E-state index contributed by atoms with van der Waals surface area (Å²) in [5.41, 5.74) is 0. The van der Waals surface area contributed by atoms with Crippen LogP contribution < -0.4 is 0 Å². The number of thiol groups is 1. The summed E-state index contributed by atoms with van der Waals surface area (Å²) in [5.74, 6) is 0. The fourth-order valence-electron chi connectivity index (χ4n) is 0. The van der Waals surface area contributed by atoms with Crippen LogP contribution in [0.5, 0.6) is 0 Å². The molecule has 0 aromatic rings. The molecule has 0 aromatic heterocycles. The summed E-state index contributed by atoms with van der Waals surface area (Å²) in [6.07, 6.45) is 0. The predicted octanol–water partition coefficient (Wildman–Crippen LogP) is 1.85. The van der Waals surface area contributed by atoms with Crippen molar-refractivity contribution < 1.29 is 0 Å². The van der Waals surface area contributed by atoms with Crippen molar-refractivity contribution in [1.29, 1.82) is 0 Å². The van der Waals surface area contributed by atoms with Crippen molar-refractivity contribution in [2.75, 3.05) is 0 Å². The summed E-state index contributed by atoms with van der Waals surface area (Å²) in [7, 11) is 4.34. The normalized spacial score (nSPS) is 3.00. The van der Waals surface area contributed by atoms with Crippen LogP contribution in [0.1, 0.15) is 21.3 Å². The fourth-order valence-corrected chi connectivity index (χ4v) is 0. The Hall–Kier alpha value is 0.215. The Kier molecular flexibility index (Phi) is 171. The SMILES string of the molecule is C.CC.[B]=NS. The summed E-state index contributed by atoms with van der Waals surface area (Å²) in [6, 6.07) is 0. The van der Waals surface area contributed by atoms with E-state index in [1.807, 2.05) is 13.8 Å². The van der Waals surface area contributed by atoms with Crippen molar-refractivity contribution in [2.45, 2.75) is 21.3 Å². The molecular formula is C3H11BNS. The number of hydrogen-bond donors (Lipinski definition) is 1. The van der Waals surface area contributed by atoms with Gasteiger partial charge in [-0.1, -0.05) is 21.3 Å². The Morgan fingerprint density at radius 3 is 1.50 bits per heavy atom. The molecular weight excluding hydrogens is 92.9 g/mol. The second kappa shape index (κ2) is 62.8. The number of nitrogens with zero attached hydrogens (tertiary/aromatic N) is 1. The zero-order valence-electron chi connectivity index (χ0n) is 3.47. The first-order chi connectivity index (χ1) is 2.41. The van der Waals surface area contributed by atoms with Crippen LogP contribution in [-0.4, -0.2) is 7.64 Å². The molecule has 0 unspecified atom stereocenters. The predicted molar refractivity (Wildman–Crippen MR) is 35.2 cm³/mol. The molecule has 0 aliphatic carbocycles. The summed E-state index contributed by atoms with van der Waals surface area (Å²) in [4.78, 5) is 0. The third kappa shape index (κ3) is 943. The van der Waals surface area contributed by atoms with E-state index in [4.69, 9.17) is 0 Å². The van der Waals surface area contributed by atoms with E-state index in [0.29, 0.717) is 0 Å². The molecule has 0 N–H and O–H groups in total. The second-order valence-corrected chi connectivity index (χ2v) is 0.346. The molecule has 6 heavy (non-hydrogen) atoms. The fraction of sp³-hybridized carbons (Fsp3) is 1.00. The Labute approximate surface area is 46.8 Å². The van der Waals surface area contributed by atoms with Gasteiger partial charge in [0.05, 0.1) is 0 Å². The molecule has 0 rings (SSSR count). The first kappa shape index (κ1) is 16.4. The van der Waals surface area contributed by atoms with Crippen LogP contribution in [0.4, 0.5) is 0 Å². The number of rotatable bonds is 0. The molecule has 0 aliphatic heterocycles. The van der Waals surface area contributed by atoms with Crippen molar-refractivity contribution >= 4 is 20.5 Å². The molecule has 0 fully saturated rings. The van der Waals surface area contributed by atoms with Crippen LogP contribution in [0.2, 0.25) is 0 Å². The first-order valence-corrected chi connectivity index (χ1v) is 1.86. The molecule has 0 aliphatic rings. The van der Waals surface area contributed by atoms with Gasteiger partial charge in [-0.05, 0) is 0 Å². The van der Waals surface area contributed by atoms with E-state index in [2.05, 4.69) is 24.8 Å². The van der Waals surface area contributed by atoms with Gasteiger partial charge in [-0.2, -0.15) is 0 Å². The van der Waals surface area contributed by atoms with Gasteiger partial charge in [0.2, 0.25) is 0 Å². The van der Waals surface area contributed by atoms with Gasteiger partial charge in [-0.3, -0.25) is 0 Å². The zero-order chi connectivity index (χ0) is 4.71. The molecule has 0 atom stereocenters. The quantitative estimate of drug-likeness (QED) is 0.355. The van der Waals surface area contributed by atoms with E-state index in [-0.39, 0.29) is 7.43 Å². The molecule has 3 heteroatoms. The summed E-state index contributed by atoms with van der Waals surface area (Å²) in [6.45, 7) is 4.00. The van der Waals surface area contributed by atoms with E-state index in [1.54, 1.807) is 0 Å². The Morgan fingerprint density at radius 1 is 1.50 bits per heavy atom. The Bertz CT molecular complexity index is 18.3.